The van der Waals surface area contributed by atoms with Gasteiger partial charge >= 0.3 is 12.8 Å². The van der Waals surface area contributed by atoms with E-state index in [0.717, 1.165) is 6.07 Å². The predicted octanol–water partition coefficient (Wildman–Crippen LogP) is 4.91. The van der Waals surface area contributed by atoms with E-state index < -0.39 is 24.4 Å². The molecule has 0 aliphatic rings. The van der Waals surface area contributed by atoms with E-state index in [1.165, 1.54) is 43.5 Å². The molecule has 2 aromatic carbocycles. The van der Waals surface area contributed by atoms with Crippen LogP contribution in [-0.2, 0) is 19.3 Å². The van der Waals surface area contributed by atoms with Crippen molar-refractivity contribution in [1.29, 1.82) is 0 Å². The largest absolute Gasteiger partial charge is 0.494 e. The molecule has 0 saturated heterocycles. The number of nitrogens with zero attached hydrogens (tertiary/aromatic N) is 2. The van der Waals surface area contributed by atoms with Crippen molar-refractivity contribution in [3.8, 4) is 23.0 Å². The zero-order valence-corrected chi connectivity index (χ0v) is 19.1. The minimum Gasteiger partial charge on any atom is -0.494 e. The van der Waals surface area contributed by atoms with Crippen LogP contribution in [0.5, 0.6) is 11.5 Å². The Hall–Kier alpha value is -4.26. The van der Waals surface area contributed by atoms with Crippen molar-refractivity contribution in [2.75, 3.05) is 7.11 Å². The van der Waals surface area contributed by atoms with Crippen LogP contribution < -0.4 is 20.5 Å². The lowest BCUT2D eigenvalue weighted by Crippen LogP contribution is -2.25. The smallest absolute Gasteiger partial charge is 0.433 e. The van der Waals surface area contributed by atoms with Gasteiger partial charge in [-0.1, -0.05) is 18.2 Å². The van der Waals surface area contributed by atoms with Crippen molar-refractivity contribution in [3.63, 3.8) is 0 Å². The van der Waals surface area contributed by atoms with E-state index in [2.05, 4.69) is 20.0 Å². The van der Waals surface area contributed by atoms with Crippen LogP contribution in [0.3, 0.4) is 0 Å². The highest BCUT2D eigenvalue weighted by molar-refractivity contribution is 5.98. The fourth-order valence-electron chi connectivity index (χ4n) is 3.60. The number of rotatable bonds is 8. The van der Waals surface area contributed by atoms with Crippen molar-refractivity contribution in [2.24, 2.45) is 5.73 Å². The number of halogens is 5. The second kappa shape index (κ2) is 10.4. The zero-order chi connectivity index (χ0) is 26.7. The number of ether oxygens (including phenoxy) is 2. The number of pyridine rings is 1. The van der Waals surface area contributed by atoms with Crippen molar-refractivity contribution >= 4 is 16.8 Å². The first-order valence-electron chi connectivity index (χ1n) is 10.7. The van der Waals surface area contributed by atoms with Crippen molar-refractivity contribution in [3.05, 3.63) is 71.2 Å². The maximum absolute atomic E-state index is 13.2. The molecule has 8 nitrogen and oxygen atoms in total. The fraction of sp³-hybridized carbons (Fsp3) is 0.208. The van der Waals surface area contributed by atoms with Crippen LogP contribution in [0.1, 0.15) is 27.5 Å². The molecule has 0 bridgehead atoms. The van der Waals surface area contributed by atoms with Crippen LogP contribution in [0.15, 0.2) is 52.9 Å². The number of alkyl halides is 5. The second-order valence-electron chi connectivity index (χ2n) is 7.57. The average molecular weight is 522 g/mol. The van der Waals surface area contributed by atoms with Gasteiger partial charge in [0.2, 0.25) is 5.89 Å². The van der Waals surface area contributed by atoms with Crippen molar-refractivity contribution in [1.82, 2.24) is 15.3 Å². The number of amides is 1. The van der Waals surface area contributed by atoms with Gasteiger partial charge in [-0.3, -0.25) is 4.79 Å². The summed E-state index contributed by atoms with van der Waals surface area (Å²) in [5.74, 6) is -0.793. The molecule has 0 fully saturated rings. The highest BCUT2D eigenvalue weighted by Gasteiger charge is 2.33. The van der Waals surface area contributed by atoms with Gasteiger partial charge in [0.05, 0.1) is 13.7 Å². The topological polar surface area (TPSA) is 112 Å². The first-order chi connectivity index (χ1) is 17.6. The van der Waals surface area contributed by atoms with E-state index in [0.29, 0.717) is 5.56 Å². The van der Waals surface area contributed by atoms with Crippen LogP contribution in [0.25, 0.3) is 22.4 Å². The number of aromatic nitrogens is 2. The summed E-state index contributed by atoms with van der Waals surface area (Å²) in [4.78, 5) is 20.8. The highest BCUT2D eigenvalue weighted by Crippen LogP contribution is 2.37. The Balaban J connectivity index is 1.67. The minimum atomic E-state index is -4.67. The number of hydrogen-bond donors (Lipinski definition) is 2. The molecule has 194 valence electrons. The van der Waals surface area contributed by atoms with Crippen molar-refractivity contribution in [2.45, 2.75) is 25.9 Å². The van der Waals surface area contributed by atoms with Crippen LogP contribution >= 0.6 is 0 Å². The zero-order valence-electron chi connectivity index (χ0n) is 19.1. The van der Waals surface area contributed by atoms with E-state index in [1.54, 1.807) is 6.07 Å². The van der Waals surface area contributed by atoms with Gasteiger partial charge in [-0.25, -0.2) is 9.97 Å². The molecule has 0 atom stereocenters. The molecule has 1 amide bonds. The summed E-state index contributed by atoms with van der Waals surface area (Å²) in [5.41, 5.74) is 4.90. The van der Waals surface area contributed by atoms with Gasteiger partial charge in [0.15, 0.2) is 11.5 Å². The summed E-state index contributed by atoms with van der Waals surface area (Å²) in [7, 11) is 1.29. The molecule has 4 aromatic rings. The van der Waals surface area contributed by atoms with Gasteiger partial charge in [0.1, 0.15) is 22.7 Å². The Morgan fingerprint density at radius 1 is 1.08 bits per heavy atom. The average Bonchev–Trinajstić information content (AvgIpc) is 3.30. The number of carbonyl (C=O) groups excluding carboxylic acids is 1. The van der Waals surface area contributed by atoms with E-state index in [4.69, 9.17) is 14.9 Å². The molecule has 3 N–H and O–H groups in total. The summed E-state index contributed by atoms with van der Waals surface area (Å²) >= 11 is 0. The number of methoxy groups -OCH3 is 1. The number of carbonyl (C=O) groups is 1. The molecule has 2 aromatic heterocycles. The Morgan fingerprint density at radius 2 is 1.84 bits per heavy atom. The second-order valence-corrected chi connectivity index (χ2v) is 7.57. The predicted molar refractivity (Wildman–Crippen MR) is 121 cm³/mol. The quantitative estimate of drug-likeness (QED) is 0.316. The van der Waals surface area contributed by atoms with E-state index in [9.17, 15) is 26.7 Å². The van der Waals surface area contributed by atoms with Crippen LogP contribution in [0, 0.1) is 0 Å². The summed E-state index contributed by atoms with van der Waals surface area (Å²) in [5, 5.41) is 2.79. The van der Waals surface area contributed by atoms with Gasteiger partial charge in [-0.2, -0.15) is 22.0 Å². The molecule has 0 radical (unpaired) electrons. The van der Waals surface area contributed by atoms with Crippen LogP contribution in [0.4, 0.5) is 22.0 Å². The molecule has 0 aliphatic carbocycles. The summed E-state index contributed by atoms with van der Waals surface area (Å²) in [6, 6.07) is 10.8. The Labute approximate surface area is 206 Å². The molecule has 0 unspecified atom stereocenters. The third-order valence-corrected chi connectivity index (χ3v) is 5.29. The third kappa shape index (κ3) is 5.45. The van der Waals surface area contributed by atoms with Gasteiger partial charge in [-0.15, -0.1) is 0 Å². The standard InChI is InChI=1S/C24H19F5N4O4/c1-35-16-8-6-14(13-7-9-18(24(27,28)29)32-19(13)16)22-33-20(17(10-30)36-22)21(34)31-11-12-4-2-3-5-15(12)37-23(25)26/h2-9,23H,10-11,30H2,1H3,(H,31,34). The van der Waals surface area contributed by atoms with Crippen molar-refractivity contribution < 1.29 is 40.6 Å². The van der Waals surface area contributed by atoms with E-state index >= 15 is 0 Å². The lowest BCUT2D eigenvalue weighted by atomic mass is 10.1. The van der Waals surface area contributed by atoms with Gasteiger partial charge in [0, 0.05) is 23.1 Å². The Morgan fingerprint density at radius 3 is 2.51 bits per heavy atom. The summed E-state index contributed by atoms with van der Waals surface area (Å²) in [6.07, 6.45) is -4.67. The molecule has 0 aliphatic heterocycles. The van der Waals surface area contributed by atoms with E-state index in [1.807, 2.05) is 0 Å². The Kier molecular flexibility index (Phi) is 7.25. The number of benzene rings is 2. The number of hydrogen-bond acceptors (Lipinski definition) is 7. The minimum absolute atomic E-state index is 0.00783. The first kappa shape index (κ1) is 25.8. The normalized spacial score (nSPS) is 11.7. The summed E-state index contributed by atoms with van der Waals surface area (Å²) < 4.78 is 80.2. The van der Waals surface area contributed by atoms with Gasteiger partial charge < -0.3 is 24.9 Å². The molecule has 2 heterocycles. The van der Waals surface area contributed by atoms with Crippen LogP contribution in [0.2, 0.25) is 0 Å². The van der Waals surface area contributed by atoms with E-state index in [-0.39, 0.29) is 58.4 Å². The third-order valence-electron chi connectivity index (χ3n) is 5.29. The number of fused-ring (bicyclic) bond motifs is 1. The molecule has 37 heavy (non-hydrogen) atoms. The maximum Gasteiger partial charge on any atom is 0.433 e. The lowest BCUT2D eigenvalue weighted by Gasteiger charge is -2.11. The Bertz CT molecular complexity index is 1440. The number of oxazole rings is 1. The number of nitrogens with one attached hydrogen (secondary N) is 1. The first-order valence-corrected chi connectivity index (χ1v) is 10.7. The SMILES string of the molecule is COc1ccc(-c2nc(C(=O)NCc3ccccc3OC(F)F)c(CN)o2)c2ccc(C(F)(F)F)nc12. The fourth-order valence-corrected chi connectivity index (χ4v) is 3.60. The molecule has 13 heteroatoms. The molecule has 0 saturated carbocycles. The number of para-hydroxylation sites is 1. The summed E-state index contributed by atoms with van der Waals surface area (Å²) in [6.45, 7) is -3.42. The monoisotopic (exact) mass is 522 g/mol. The molecular weight excluding hydrogens is 503 g/mol. The molecular formula is C24H19F5N4O4. The van der Waals surface area contributed by atoms with Crippen LogP contribution in [-0.4, -0.2) is 29.6 Å². The molecule has 4 rings (SSSR count). The molecule has 0 spiro atoms. The maximum atomic E-state index is 13.2. The number of nitrogens with two attached hydrogens (primary N) is 1. The highest BCUT2D eigenvalue weighted by atomic mass is 19.4. The van der Waals surface area contributed by atoms with Gasteiger partial charge in [-0.05, 0) is 30.3 Å². The van der Waals surface area contributed by atoms with Gasteiger partial charge in [0.25, 0.3) is 5.91 Å². The lowest BCUT2D eigenvalue weighted by molar-refractivity contribution is -0.140.